The second-order valence-electron chi connectivity index (χ2n) is 19.2. The molecule has 0 amide bonds. The van der Waals surface area contributed by atoms with Crippen LogP contribution < -0.4 is 0 Å². The molecule has 0 unspecified atom stereocenters. The Kier molecular flexibility index (Phi) is 50.7. The summed E-state index contributed by atoms with van der Waals surface area (Å²) in [4.78, 5) is 38.0. The van der Waals surface area contributed by atoms with Crippen LogP contribution in [0.4, 0.5) is 0 Å². The molecule has 62 heavy (non-hydrogen) atoms. The largest absolute Gasteiger partial charge is 0.462 e. The Morgan fingerprint density at radius 2 is 0.435 bits per heavy atom. The lowest BCUT2D eigenvalue weighted by atomic mass is 10.0. The van der Waals surface area contributed by atoms with Gasteiger partial charge in [-0.2, -0.15) is 0 Å². The van der Waals surface area contributed by atoms with E-state index in [1.165, 1.54) is 225 Å². The van der Waals surface area contributed by atoms with Crippen LogP contribution in [0.15, 0.2) is 0 Å². The Hall–Kier alpha value is -1.59. The monoisotopic (exact) mass is 877 g/mol. The molecule has 6 heteroatoms. The number of hydrogen-bond donors (Lipinski definition) is 0. The van der Waals surface area contributed by atoms with Crippen LogP contribution in [0.2, 0.25) is 0 Å². The van der Waals surface area contributed by atoms with E-state index >= 15 is 0 Å². The Morgan fingerprint density at radius 1 is 0.258 bits per heavy atom. The maximum atomic E-state index is 12.8. The summed E-state index contributed by atoms with van der Waals surface area (Å²) in [5.74, 6) is -0.837. The summed E-state index contributed by atoms with van der Waals surface area (Å²) in [5.41, 5.74) is 0. The standard InChI is InChI=1S/C56H108O6/c1-4-7-10-13-16-19-22-24-26-28-29-31-33-35-38-41-44-47-50-56(59)62-53(51-60-54(57)48-45-42-39-36-21-18-15-12-9-6-3)52-61-55(58)49-46-43-40-37-34-32-30-27-25-23-20-17-14-11-8-5-2/h53H,4-52H2,1-3H3/t53-/m1/s1. The zero-order chi connectivity index (χ0) is 45.1. The topological polar surface area (TPSA) is 78.9 Å². The summed E-state index contributed by atoms with van der Waals surface area (Å²) in [7, 11) is 0. The number of carbonyl (C=O) groups excluding carboxylic acids is 3. The highest BCUT2D eigenvalue weighted by Gasteiger charge is 2.19. The van der Waals surface area contributed by atoms with Gasteiger partial charge in [-0.15, -0.1) is 0 Å². The Labute approximate surface area is 387 Å². The maximum Gasteiger partial charge on any atom is 0.306 e. The molecule has 0 rings (SSSR count). The van der Waals surface area contributed by atoms with Gasteiger partial charge in [0.05, 0.1) is 0 Å². The fourth-order valence-electron chi connectivity index (χ4n) is 8.62. The van der Waals surface area contributed by atoms with Crippen LogP contribution in [-0.2, 0) is 28.6 Å². The van der Waals surface area contributed by atoms with Gasteiger partial charge in [0, 0.05) is 19.3 Å². The van der Waals surface area contributed by atoms with Gasteiger partial charge in [0.1, 0.15) is 13.2 Å². The van der Waals surface area contributed by atoms with Crippen LogP contribution in [0.3, 0.4) is 0 Å². The van der Waals surface area contributed by atoms with Crippen molar-refractivity contribution in [3.8, 4) is 0 Å². The van der Waals surface area contributed by atoms with E-state index < -0.39 is 6.10 Å². The van der Waals surface area contributed by atoms with E-state index in [1.807, 2.05) is 0 Å². The molecule has 0 fully saturated rings. The smallest absolute Gasteiger partial charge is 0.306 e. The Balaban J connectivity index is 4.24. The first kappa shape index (κ1) is 60.4. The zero-order valence-corrected chi connectivity index (χ0v) is 42.2. The number of carbonyl (C=O) groups is 3. The van der Waals surface area contributed by atoms with Crippen molar-refractivity contribution in [2.24, 2.45) is 0 Å². The molecule has 0 saturated carbocycles. The average Bonchev–Trinajstić information content (AvgIpc) is 3.27. The molecule has 368 valence electrons. The van der Waals surface area contributed by atoms with E-state index in [0.29, 0.717) is 19.3 Å². The normalized spacial score (nSPS) is 11.9. The molecule has 0 aliphatic rings. The molecule has 0 saturated heterocycles. The highest BCUT2D eigenvalue weighted by atomic mass is 16.6. The molecule has 1 atom stereocenters. The molecule has 0 aromatic carbocycles. The summed E-state index contributed by atoms with van der Waals surface area (Å²) >= 11 is 0. The summed E-state index contributed by atoms with van der Waals surface area (Å²) in [5, 5.41) is 0. The number of hydrogen-bond acceptors (Lipinski definition) is 6. The highest BCUT2D eigenvalue weighted by molar-refractivity contribution is 5.71. The lowest BCUT2D eigenvalue weighted by molar-refractivity contribution is -0.167. The predicted octanol–water partition coefficient (Wildman–Crippen LogP) is 18.4. The van der Waals surface area contributed by atoms with Crippen molar-refractivity contribution in [1.82, 2.24) is 0 Å². The first-order chi connectivity index (χ1) is 30.5. The van der Waals surface area contributed by atoms with Crippen LogP contribution in [0, 0.1) is 0 Å². The molecular formula is C56H108O6. The van der Waals surface area contributed by atoms with Gasteiger partial charge in [-0.3, -0.25) is 14.4 Å². The van der Waals surface area contributed by atoms with Gasteiger partial charge < -0.3 is 14.2 Å². The predicted molar refractivity (Wildman–Crippen MR) is 266 cm³/mol. The molecule has 0 N–H and O–H groups in total. The number of ether oxygens (including phenoxy) is 3. The van der Waals surface area contributed by atoms with Crippen molar-refractivity contribution in [2.75, 3.05) is 13.2 Å². The van der Waals surface area contributed by atoms with Gasteiger partial charge in [0.25, 0.3) is 0 Å². The molecule has 0 aliphatic heterocycles. The molecule has 0 aromatic rings. The van der Waals surface area contributed by atoms with E-state index in [2.05, 4.69) is 20.8 Å². The van der Waals surface area contributed by atoms with Gasteiger partial charge in [0.15, 0.2) is 6.10 Å². The average molecular weight is 877 g/mol. The second kappa shape index (κ2) is 52.0. The lowest BCUT2D eigenvalue weighted by Crippen LogP contribution is -2.30. The minimum atomic E-state index is -0.760. The number of esters is 3. The molecular weight excluding hydrogens is 769 g/mol. The van der Waals surface area contributed by atoms with Crippen LogP contribution in [-0.4, -0.2) is 37.2 Å². The van der Waals surface area contributed by atoms with Crippen LogP contribution in [0.25, 0.3) is 0 Å². The molecule has 0 radical (unpaired) electrons. The van der Waals surface area contributed by atoms with Crippen molar-refractivity contribution in [2.45, 2.75) is 329 Å². The van der Waals surface area contributed by atoms with Crippen molar-refractivity contribution in [3.05, 3.63) is 0 Å². The van der Waals surface area contributed by atoms with Crippen molar-refractivity contribution >= 4 is 17.9 Å². The Morgan fingerprint density at radius 3 is 0.645 bits per heavy atom. The zero-order valence-electron chi connectivity index (χ0n) is 42.2. The maximum absolute atomic E-state index is 12.8. The fraction of sp³-hybridized carbons (Fsp3) is 0.946. The van der Waals surface area contributed by atoms with E-state index in [4.69, 9.17) is 14.2 Å². The van der Waals surface area contributed by atoms with Crippen LogP contribution >= 0.6 is 0 Å². The van der Waals surface area contributed by atoms with E-state index in [1.54, 1.807) is 0 Å². The van der Waals surface area contributed by atoms with E-state index in [9.17, 15) is 14.4 Å². The van der Waals surface area contributed by atoms with E-state index in [-0.39, 0.29) is 31.1 Å². The van der Waals surface area contributed by atoms with Gasteiger partial charge in [-0.25, -0.2) is 0 Å². The summed E-state index contributed by atoms with van der Waals surface area (Å²) in [6.07, 6.45) is 56.6. The minimum absolute atomic E-state index is 0.0614. The highest BCUT2D eigenvalue weighted by Crippen LogP contribution is 2.17. The fourth-order valence-corrected chi connectivity index (χ4v) is 8.62. The summed E-state index contributed by atoms with van der Waals surface area (Å²) < 4.78 is 16.8. The quantitative estimate of drug-likeness (QED) is 0.0344. The third-order valence-electron chi connectivity index (χ3n) is 12.9. The molecule has 0 bridgehead atoms. The van der Waals surface area contributed by atoms with Crippen molar-refractivity contribution < 1.29 is 28.6 Å². The molecule has 0 heterocycles. The van der Waals surface area contributed by atoms with Crippen molar-refractivity contribution in [1.29, 1.82) is 0 Å². The summed E-state index contributed by atoms with van der Waals surface area (Å²) in [6.45, 7) is 6.69. The lowest BCUT2D eigenvalue weighted by Gasteiger charge is -2.18. The van der Waals surface area contributed by atoms with Crippen molar-refractivity contribution in [3.63, 3.8) is 0 Å². The SMILES string of the molecule is CCCCCCCCCCCCCCCCCCCCC(=O)O[C@H](COC(=O)CCCCCCCCCCCC)COC(=O)CCCCCCCCCCCCCCCCCC. The number of rotatable bonds is 52. The molecule has 0 aromatic heterocycles. The Bertz CT molecular complexity index is 920. The van der Waals surface area contributed by atoms with Crippen LogP contribution in [0.1, 0.15) is 323 Å². The second-order valence-corrected chi connectivity index (χ2v) is 19.2. The van der Waals surface area contributed by atoms with Gasteiger partial charge in [-0.05, 0) is 19.3 Å². The minimum Gasteiger partial charge on any atom is -0.462 e. The first-order valence-corrected chi connectivity index (χ1v) is 28.0. The number of unbranched alkanes of at least 4 members (excludes halogenated alkanes) is 41. The third kappa shape index (κ3) is 49.4. The van der Waals surface area contributed by atoms with Gasteiger partial charge >= 0.3 is 17.9 Å². The molecule has 0 spiro atoms. The molecule has 6 nitrogen and oxygen atoms in total. The van der Waals surface area contributed by atoms with Gasteiger partial charge in [0.2, 0.25) is 0 Å². The van der Waals surface area contributed by atoms with Crippen LogP contribution in [0.5, 0.6) is 0 Å². The first-order valence-electron chi connectivity index (χ1n) is 28.0. The molecule has 0 aliphatic carbocycles. The summed E-state index contributed by atoms with van der Waals surface area (Å²) in [6, 6.07) is 0. The van der Waals surface area contributed by atoms with Gasteiger partial charge in [-0.1, -0.05) is 284 Å². The third-order valence-corrected chi connectivity index (χ3v) is 12.9. The van der Waals surface area contributed by atoms with E-state index in [0.717, 1.165) is 57.8 Å².